The summed E-state index contributed by atoms with van der Waals surface area (Å²) < 4.78 is 0. The van der Waals surface area contributed by atoms with E-state index in [0.29, 0.717) is 6.54 Å². The number of aromatic amines is 1. The molecular formula is C20H24ClN3O2. The first-order chi connectivity index (χ1) is 12.2. The van der Waals surface area contributed by atoms with Crippen molar-refractivity contribution in [3.8, 4) is 0 Å². The maximum atomic E-state index is 12.5. The molecular weight excluding hydrogens is 350 g/mol. The molecule has 0 bridgehead atoms. The first kappa shape index (κ1) is 18.7. The van der Waals surface area contributed by atoms with Crippen LogP contribution in [0.2, 0.25) is 0 Å². The number of nitrogens with one attached hydrogen (secondary N) is 3. The second-order valence-corrected chi connectivity index (χ2v) is 6.89. The monoisotopic (exact) mass is 373 g/mol. The SMILES string of the molecule is Cl.O=C(NCC1NCCc2ccccc21)c1cc2c([nH]c1=O)CCCC2. The van der Waals surface area contributed by atoms with Crippen LogP contribution >= 0.6 is 12.4 Å². The topological polar surface area (TPSA) is 74.0 Å². The van der Waals surface area contributed by atoms with Gasteiger partial charge in [-0.15, -0.1) is 12.4 Å². The molecule has 5 nitrogen and oxygen atoms in total. The van der Waals surface area contributed by atoms with Crippen LogP contribution in [0, 0.1) is 0 Å². The minimum absolute atomic E-state index is 0. The predicted molar refractivity (Wildman–Crippen MR) is 104 cm³/mol. The highest BCUT2D eigenvalue weighted by molar-refractivity contribution is 5.94. The van der Waals surface area contributed by atoms with Crippen LogP contribution in [0.5, 0.6) is 0 Å². The number of aryl methyl sites for hydroxylation is 2. The van der Waals surface area contributed by atoms with Crippen LogP contribution in [0.15, 0.2) is 35.1 Å². The van der Waals surface area contributed by atoms with Crippen molar-refractivity contribution < 1.29 is 4.79 Å². The van der Waals surface area contributed by atoms with Gasteiger partial charge < -0.3 is 15.6 Å². The summed E-state index contributed by atoms with van der Waals surface area (Å²) in [6.07, 6.45) is 5.05. The number of hydrogen-bond acceptors (Lipinski definition) is 3. The van der Waals surface area contributed by atoms with Crippen LogP contribution in [-0.2, 0) is 19.3 Å². The van der Waals surface area contributed by atoms with Crippen LogP contribution in [0.3, 0.4) is 0 Å². The number of carbonyl (C=O) groups is 1. The predicted octanol–water partition coefficient (Wildman–Crippen LogP) is 2.29. The number of amides is 1. The van der Waals surface area contributed by atoms with E-state index in [4.69, 9.17) is 0 Å². The van der Waals surface area contributed by atoms with Gasteiger partial charge in [-0.1, -0.05) is 24.3 Å². The Bertz CT molecular complexity index is 862. The van der Waals surface area contributed by atoms with Crippen LogP contribution < -0.4 is 16.2 Å². The molecule has 0 saturated heterocycles. The number of fused-ring (bicyclic) bond motifs is 2. The summed E-state index contributed by atoms with van der Waals surface area (Å²) in [6, 6.07) is 10.2. The average Bonchev–Trinajstić information content (AvgIpc) is 2.65. The van der Waals surface area contributed by atoms with E-state index in [0.717, 1.165) is 49.9 Å². The van der Waals surface area contributed by atoms with Gasteiger partial charge >= 0.3 is 0 Å². The minimum atomic E-state index is -0.292. The summed E-state index contributed by atoms with van der Waals surface area (Å²) >= 11 is 0. The molecule has 26 heavy (non-hydrogen) atoms. The van der Waals surface area contributed by atoms with Gasteiger partial charge in [-0.3, -0.25) is 9.59 Å². The van der Waals surface area contributed by atoms with Gasteiger partial charge in [0.15, 0.2) is 0 Å². The van der Waals surface area contributed by atoms with Gasteiger partial charge in [0, 0.05) is 18.3 Å². The molecule has 4 rings (SSSR count). The van der Waals surface area contributed by atoms with Crippen molar-refractivity contribution in [1.82, 2.24) is 15.6 Å². The molecule has 2 aliphatic rings. The molecule has 1 aromatic heterocycles. The molecule has 2 heterocycles. The number of carbonyl (C=O) groups excluding carboxylic acids is 1. The quantitative estimate of drug-likeness (QED) is 0.772. The Hall–Kier alpha value is -2.11. The van der Waals surface area contributed by atoms with Gasteiger partial charge in [0.05, 0.1) is 0 Å². The molecule has 2 aromatic rings. The highest BCUT2D eigenvalue weighted by atomic mass is 35.5. The molecule has 1 atom stereocenters. The van der Waals surface area contributed by atoms with Crippen molar-refractivity contribution in [2.45, 2.75) is 38.1 Å². The lowest BCUT2D eigenvalue weighted by atomic mass is 9.94. The van der Waals surface area contributed by atoms with Gasteiger partial charge in [0.1, 0.15) is 5.56 Å². The molecule has 6 heteroatoms. The number of H-pyrrole nitrogens is 1. The van der Waals surface area contributed by atoms with E-state index >= 15 is 0 Å². The zero-order chi connectivity index (χ0) is 17.2. The summed E-state index contributed by atoms with van der Waals surface area (Å²) in [6.45, 7) is 1.38. The molecule has 0 saturated carbocycles. The Balaban J connectivity index is 0.00000196. The normalized spacial score (nSPS) is 18.2. The maximum Gasteiger partial charge on any atom is 0.261 e. The summed E-state index contributed by atoms with van der Waals surface area (Å²) in [5.74, 6) is -0.292. The van der Waals surface area contributed by atoms with Gasteiger partial charge in [0.2, 0.25) is 0 Å². The fraction of sp³-hybridized carbons (Fsp3) is 0.400. The standard InChI is InChI=1S/C20H23N3O2.ClH/c24-19(16-11-14-6-2-4-8-17(14)23-20(16)25)22-12-18-15-7-3-1-5-13(15)9-10-21-18;/h1,3,5,7,11,18,21H,2,4,6,8-10,12H2,(H,22,24)(H,23,25);1H. The second kappa shape index (κ2) is 8.06. The molecule has 1 aliphatic heterocycles. The zero-order valence-electron chi connectivity index (χ0n) is 14.6. The van der Waals surface area contributed by atoms with E-state index in [-0.39, 0.29) is 35.5 Å². The van der Waals surface area contributed by atoms with E-state index in [2.05, 4.69) is 27.8 Å². The molecule has 1 unspecified atom stereocenters. The number of aromatic nitrogens is 1. The van der Waals surface area contributed by atoms with E-state index in [1.54, 1.807) is 6.07 Å². The smallest absolute Gasteiger partial charge is 0.261 e. The summed E-state index contributed by atoms with van der Waals surface area (Å²) in [4.78, 5) is 27.7. The van der Waals surface area contributed by atoms with Gasteiger partial charge in [-0.2, -0.15) is 0 Å². The second-order valence-electron chi connectivity index (χ2n) is 6.89. The van der Waals surface area contributed by atoms with Crippen molar-refractivity contribution in [1.29, 1.82) is 0 Å². The number of rotatable bonds is 3. The van der Waals surface area contributed by atoms with E-state index in [1.807, 2.05) is 12.1 Å². The largest absolute Gasteiger partial charge is 0.350 e. The summed E-state index contributed by atoms with van der Waals surface area (Å²) in [5.41, 5.74) is 4.60. The van der Waals surface area contributed by atoms with Crippen LogP contribution in [-0.4, -0.2) is 24.0 Å². The number of hydrogen-bond donors (Lipinski definition) is 3. The first-order valence-corrected chi connectivity index (χ1v) is 9.07. The zero-order valence-corrected chi connectivity index (χ0v) is 15.5. The highest BCUT2D eigenvalue weighted by Crippen LogP contribution is 2.22. The van der Waals surface area contributed by atoms with E-state index in [9.17, 15) is 9.59 Å². The Kier molecular flexibility index (Phi) is 5.79. The third-order valence-electron chi connectivity index (χ3n) is 5.27. The number of benzene rings is 1. The van der Waals surface area contributed by atoms with Crippen LogP contribution in [0.4, 0.5) is 0 Å². The summed E-state index contributed by atoms with van der Waals surface area (Å²) in [5, 5.41) is 6.38. The molecule has 1 aromatic carbocycles. The van der Waals surface area contributed by atoms with Gasteiger partial charge in [0.25, 0.3) is 11.5 Å². The third-order valence-corrected chi connectivity index (χ3v) is 5.27. The van der Waals surface area contributed by atoms with Gasteiger partial charge in [-0.25, -0.2) is 0 Å². The van der Waals surface area contributed by atoms with Crippen molar-refractivity contribution in [2.24, 2.45) is 0 Å². The van der Waals surface area contributed by atoms with E-state index < -0.39 is 0 Å². The Morgan fingerprint density at radius 3 is 2.81 bits per heavy atom. The molecule has 1 aliphatic carbocycles. The number of halogens is 1. The Morgan fingerprint density at radius 2 is 1.92 bits per heavy atom. The third kappa shape index (κ3) is 3.69. The Morgan fingerprint density at radius 1 is 1.12 bits per heavy atom. The van der Waals surface area contributed by atoms with Crippen LogP contribution in [0.25, 0.3) is 0 Å². The molecule has 0 radical (unpaired) electrons. The fourth-order valence-corrected chi connectivity index (χ4v) is 3.91. The molecule has 0 fully saturated rings. The molecule has 3 N–H and O–H groups in total. The average molecular weight is 374 g/mol. The van der Waals surface area contributed by atoms with Crippen molar-refractivity contribution in [3.63, 3.8) is 0 Å². The van der Waals surface area contributed by atoms with Crippen molar-refractivity contribution in [2.75, 3.05) is 13.1 Å². The number of pyridine rings is 1. The molecule has 0 spiro atoms. The van der Waals surface area contributed by atoms with E-state index in [1.165, 1.54) is 11.1 Å². The highest BCUT2D eigenvalue weighted by Gasteiger charge is 2.21. The lowest BCUT2D eigenvalue weighted by molar-refractivity contribution is 0.0947. The summed E-state index contributed by atoms with van der Waals surface area (Å²) in [7, 11) is 0. The van der Waals surface area contributed by atoms with Crippen molar-refractivity contribution in [3.05, 3.63) is 68.6 Å². The fourth-order valence-electron chi connectivity index (χ4n) is 3.91. The Labute approximate surface area is 159 Å². The minimum Gasteiger partial charge on any atom is -0.350 e. The van der Waals surface area contributed by atoms with Gasteiger partial charge in [-0.05, 0) is 61.4 Å². The van der Waals surface area contributed by atoms with Crippen molar-refractivity contribution >= 4 is 18.3 Å². The first-order valence-electron chi connectivity index (χ1n) is 9.07. The lowest BCUT2D eigenvalue weighted by Crippen LogP contribution is -2.40. The maximum absolute atomic E-state index is 12.5. The molecule has 1 amide bonds. The van der Waals surface area contributed by atoms with Crippen LogP contribution in [0.1, 0.15) is 51.6 Å². The lowest BCUT2D eigenvalue weighted by Gasteiger charge is -2.27. The molecule has 138 valence electrons.